The number of amides is 1. The molecule has 2 aromatic carbocycles. The van der Waals surface area contributed by atoms with Crippen molar-refractivity contribution in [2.45, 2.75) is 6.42 Å². The molecule has 1 aliphatic heterocycles. The standard InChI is InChI=1S/C21H22ClN3O2S/c22-17-6-7-18-19(15-17)28-21(23-18)25(9-8-24-10-12-27-13-11-24)20(26)14-16-4-2-1-3-5-16/h1-7,15H,8-14H2/p+1. The highest BCUT2D eigenvalue weighted by Gasteiger charge is 2.23. The number of aromatic nitrogens is 1. The number of hydrogen-bond acceptors (Lipinski definition) is 4. The maximum Gasteiger partial charge on any atom is 0.233 e. The molecule has 28 heavy (non-hydrogen) atoms. The smallest absolute Gasteiger partial charge is 0.233 e. The highest BCUT2D eigenvalue weighted by molar-refractivity contribution is 7.22. The van der Waals surface area contributed by atoms with E-state index in [0.29, 0.717) is 18.0 Å². The molecule has 0 bridgehead atoms. The van der Waals surface area contributed by atoms with Crippen LogP contribution in [-0.2, 0) is 16.0 Å². The summed E-state index contributed by atoms with van der Waals surface area (Å²) in [7, 11) is 0. The highest BCUT2D eigenvalue weighted by Crippen LogP contribution is 2.31. The molecule has 1 aromatic heterocycles. The van der Waals surface area contributed by atoms with E-state index in [-0.39, 0.29) is 5.91 Å². The van der Waals surface area contributed by atoms with E-state index in [2.05, 4.69) is 0 Å². The number of carbonyl (C=O) groups excluding carboxylic acids is 1. The minimum atomic E-state index is 0.0732. The number of carbonyl (C=O) groups is 1. The number of fused-ring (bicyclic) bond motifs is 1. The molecule has 0 aliphatic carbocycles. The van der Waals surface area contributed by atoms with Gasteiger partial charge >= 0.3 is 0 Å². The third-order valence-electron chi connectivity index (χ3n) is 4.96. The van der Waals surface area contributed by atoms with Crippen molar-refractivity contribution in [1.82, 2.24) is 4.98 Å². The number of quaternary nitrogens is 1. The number of morpholine rings is 1. The summed E-state index contributed by atoms with van der Waals surface area (Å²) in [4.78, 5) is 21.2. The molecule has 0 radical (unpaired) electrons. The molecule has 7 heteroatoms. The average molecular weight is 417 g/mol. The lowest BCUT2D eigenvalue weighted by Crippen LogP contribution is -3.14. The van der Waals surface area contributed by atoms with Gasteiger partial charge in [-0.15, -0.1) is 0 Å². The van der Waals surface area contributed by atoms with Gasteiger partial charge in [0, 0.05) is 5.02 Å². The Hall–Kier alpha value is -1.99. The third kappa shape index (κ3) is 4.70. The molecule has 3 aromatic rings. The Labute approximate surface area is 173 Å². The van der Waals surface area contributed by atoms with Gasteiger partial charge in [-0.25, -0.2) is 4.98 Å². The zero-order valence-corrected chi connectivity index (χ0v) is 17.1. The van der Waals surface area contributed by atoms with E-state index in [9.17, 15) is 4.79 Å². The maximum atomic E-state index is 13.2. The second-order valence-electron chi connectivity index (χ2n) is 6.93. The summed E-state index contributed by atoms with van der Waals surface area (Å²) in [6.07, 6.45) is 0.371. The van der Waals surface area contributed by atoms with Gasteiger partial charge in [0.25, 0.3) is 0 Å². The molecule has 0 atom stereocenters. The van der Waals surface area contributed by atoms with Gasteiger partial charge in [0.2, 0.25) is 5.91 Å². The van der Waals surface area contributed by atoms with Crippen LogP contribution in [0.3, 0.4) is 0 Å². The molecule has 146 valence electrons. The second-order valence-corrected chi connectivity index (χ2v) is 8.37. The number of thiazole rings is 1. The van der Waals surface area contributed by atoms with Crippen molar-refractivity contribution in [2.24, 2.45) is 0 Å². The zero-order chi connectivity index (χ0) is 19.3. The van der Waals surface area contributed by atoms with E-state index < -0.39 is 0 Å². The number of hydrogen-bond donors (Lipinski definition) is 1. The highest BCUT2D eigenvalue weighted by atomic mass is 35.5. The van der Waals surface area contributed by atoms with Gasteiger partial charge in [-0.05, 0) is 23.8 Å². The molecule has 5 nitrogen and oxygen atoms in total. The Morgan fingerprint density at radius 1 is 1.18 bits per heavy atom. The minimum Gasteiger partial charge on any atom is -0.370 e. The van der Waals surface area contributed by atoms with E-state index in [1.54, 1.807) is 0 Å². The van der Waals surface area contributed by atoms with E-state index >= 15 is 0 Å². The average Bonchev–Trinajstić information content (AvgIpc) is 3.12. The normalized spacial score (nSPS) is 15.0. The summed E-state index contributed by atoms with van der Waals surface area (Å²) in [5, 5.41) is 1.42. The summed E-state index contributed by atoms with van der Waals surface area (Å²) in [6.45, 7) is 5.07. The first-order valence-electron chi connectivity index (χ1n) is 9.51. The van der Waals surface area contributed by atoms with Gasteiger partial charge < -0.3 is 9.64 Å². The second kappa shape index (κ2) is 9.01. The van der Waals surface area contributed by atoms with Gasteiger partial charge in [-0.1, -0.05) is 53.3 Å². The van der Waals surface area contributed by atoms with Crippen LogP contribution in [0.5, 0.6) is 0 Å². The van der Waals surface area contributed by atoms with Crippen molar-refractivity contribution in [1.29, 1.82) is 0 Å². The monoisotopic (exact) mass is 416 g/mol. The van der Waals surface area contributed by atoms with Crippen LogP contribution in [0.2, 0.25) is 5.02 Å². The van der Waals surface area contributed by atoms with Crippen molar-refractivity contribution in [3.8, 4) is 0 Å². The van der Waals surface area contributed by atoms with Gasteiger partial charge in [0.15, 0.2) is 5.13 Å². The molecule has 1 fully saturated rings. The Morgan fingerprint density at radius 3 is 2.75 bits per heavy atom. The Bertz CT molecular complexity index is 941. The summed E-state index contributed by atoms with van der Waals surface area (Å²) < 4.78 is 6.44. The lowest BCUT2D eigenvalue weighted by molar-refractivity contribution is -0.906. The van der Waals surface area contributed by atoms with Crippen molar-refractivity contribution in [3.05, 3.63) is 59.1 Å². The third-order valence-corrected chi connectivity index (χ3v) is 6.23. The van der Waals surface area contributed by atoms with Gasteiger partial charge in [0.1, 0.15) is 13.1 Å². The fourth-order valence-corrected chi connectivity index (χ4v) is 4.66. The first-order valence-corrected chi connectivity index (χ1v) is 10.7. The van der Waals surface area contributed by atoms with Crippen LogP contribution >= 0.6 is 22.9 Å². The molecule has 2 heterocycles. The predicted molar refractivity (Wildman–Crippen MR) is 114 cm³/mol. The number of benzene rings is 2. The number of nitrogens with one attached hydrogen (secondary N) is 1. The number of rotatable bonds is 6. The fraction of sp³-hybridized carbons (Fsp3) is 0.333. The lowest BCUT2D eigenvalue weighted by Gasteiger charge is -2.27. The topological polar surface area (TPSA) is 46.9 Å². The van der Waals surface area contributed by atoms with Gasteiger partial charge in [-0.2, -0.15) is 0 Å². The first-order chi connectivity index (χ1) is 13.7. The van der Waals surface area contributed by atoms with E-state index in [1.807, 2.05) is 53.4 Å². The van der Waals surface area contributed by atoms with Crippen LogP contribution < -0.4 is 9.80 Å². The molecule has 0 spiro atoms. The maximum absolute atomic E-state index is 13.2. The molecule has 1 N–H and O–H groups in total. The number of halogens is 1. The first kappa shape index (κ1) is 19.3. The Morgan fingerprint density at radius 2 is 1.96 bits per heavy atom. The predicted octanol–water partition coefficient (Wildman–Crippen LogP) is 2.44. The summed E-state index contributed by atoms with van der Waals surface area (Å²) in [5.74, 6) is 0.0732. The largest absolute Gasteiger partial charge is 0.370 e. The van der Waals surface area contributed by atoms with Crippen molar-refractivity contribution in [2.75, 3.05) is 44.3 Å². The molecule has 1 amide bonds. The molecule has 1 saturated heterocycles. The zero-order valence-electron chi connectivity index (χ0n) is 15.6. The lowest BCUT2D eigenvalue weighted by atomic mass is 10.1. The fourth-order valence-electron chi connectivity index (χ4n) is 3.37. The Balaban J connectivity index is 1.56. The Kier molecular flexibility index (Phi) is 6.22. The molecule has 0 saturated carbocycles. The minimum absolute atomic E-state index is 0.0732. The quantitative estimate of drug-likeness (QED) is 0.671. The molecular formula is C21H23ClN3O2S+. The van der Waals surface area contributed by atoms with Crippen LogP contribution in [0, 0.1) is 0 Å². The summed E-state index contributed by atoms with van der Waals surface area (Å²) in [6, 6.07) is 15.5. The summed E-state index contributed by atoms with van der Waals surface area (Å²) in [5.41, 5.74) is 1.89. The number of anilines is 1. The van der Waals surface area contributed by atoms with Crippen molar-refractivity contribution < 1.29 is 14.4 Å². The van der Waals surface area contributed by atoms with Crippen molar-refractivity contribution >= 4 is 44.2 Å². The van der Waals surface area contributed by atoms with E-state index in [0.717, 1.165) is 53.8 Å². The number of nitrogens with zero attached hydrogens (tertiary/aromatic N) is 2. The molecular weight excluding hydrogens is 394 g/mol. The van der Waals surface area contributed by atoms with Gasteiger partial charge in [-0.3, -0.25) is 9.69 Å². The number of ether oxygens (including phenoxy) is 1. The van der Waals surface area contributed by atoms with Crippen LogP contribution in [0.1, 0.15) is 5.56 Å². The molecule has 0 unspecified atom stereocenters. The van der Waals surface area contributed by atoms with Crippen LogP contribution in [0.4, 0.5) is 5.13 Å². The SMILES string of the molecule is O=C(Cc1ccccc1)N(CC[NH+]1CCOCC1)c1nc2ccc(Cl)cc2s1. The van der Waals surface area contributed by atoms with Crippen LogP contribution in [0.25, 0.3) is 10.2 Å². The van der Waals surface area contributed by atoms with Crippen LogP contribution in [0.15, 0.2) is 48.5 Å². The van der Waals surface area contributed by atoms with Crippen molar-refractivity contribution in [3.63, 3.8) is 0 Å². The molecule has 1 aliphatic rings. The van der Waals surface area contributed by atoms with E-state index in [4.69, 9.17) is 21.3 Å². The summed E-state index contributed by atoms with van der Waals surface area (Å²) >= 11 is 7.64. The van der Waals surface area contributed by atoms with Gasteiger partial charge in [0.05, 0.1) is 42.9 Å². The van der Waals surface area contributed by atoms with Crippen LogP contribution in [-0.4, -0.2) is 50.3 Å². The van der Waals surface area contributed by atoms with E-state index in [1.165, 1.54) is 16.2 Å². The molecule has 4 rings (SSSR count).